The zero-order valence-corrected chi connectivity index (χ0v) is 9.82. The minimum absolute atomic E-state index is 0.411. The maximum absolute atomic E-state index is 9.54. The molecule has 3 rings (SSSR count). The molecule has 18 heavy (non-hydrogen) atoms. The fraction of sp³-hybridized carbons (Fsp3) is 0.308. The standard InChI is InChI=1S/C13H15N3O2/c14-9-2-3-10-8(5-9)1-4-13(15-10)16-6-11(17)12(18)7-16/h1-5,11-12,17-18H,6-7,14H2. The summed E-state index contributed by atoms with van der Waals surface area (Å²) in [6, 6.07) is 9.39. The van der Waals surface area contributed by atoms with Crippen LogP contribution in [0.1, 0.15) is 0 Å². The number of pyridine rings is 1. The average Bonchev–Trinajstić information content (AvgIpc) is 2.69. The number of aromatic nitrogens is 1. The van der Waals surface area contributed by atoms with Gasteiger partial charge in [0, 0.05) is 24.2 Å². The van der Waals surface area contributed by atoms with E-state index in [1.165, 1.54) is 0 Å². The van der Waals surface area contributed by atoms with Crippen LogP contribution in [-0.4, -0.2) is 40.5 Å². The number of aliphatic hydroxyl groups is 2. The van der Waals surface area contributed by atoms with E-state index in [1.54, 1.807) is 0 Å². The van der Waals surface area contributed by atoms with Crippen LogP contribution in [0, 0.1) is 0 Å². The Balaban J connectivity index is 1.96. The molecule has 1 aliphatic heterocycles. The topological polar surface area (TPSA) is 82.6 Å². The second-order valence-electron chi connectivity index (χ2n) is 4.66. The van der Waals surface area contributed by atoms with E-state index in [1.807, 2.05) is 35.2 Å². The van der Waals surface area contributed by atoms with Crippen molar-refractivity contribution in [2.45, 2.75) is 12.2 Å². The van der Waals surface area contributed by atoms with E-state index in [9.17, 15) is 10.2 Å². The smallest absolute Gasteiger partial charge is 0.129 e. The van der Waals surface area contributed by atoms with Crippen LogP contribution >= 0.6 is 0 Å². The first-order chi connectivity index (χ1) is 8.63. The molecule has 94 valence electrons. The number of aliphatic hydroxyl groups excluding tert-OH is 2. The van der Waals surface area contributed by atoms with Gasteiger partial charge in [-0.15, -0.1) is 0 Å². The number of fused-ring (bicyclic) bond motifs is 1. The zero-order chi connectivity index (χ0) is 12.7. The Hall–Kier alpha value is -1.85. The third kappa shape index (κ3) is 1.87. The quantitative estimate of drug-likeness (QED) is 0.632. The normalized spacial score (nSPS) is 23.8. The van der Waals surface area contributed by atoms with Crippen LogP contribution in [0.3, 0.4) is 0 Å². The Morgan fingerprint density at radius 3 is 2.56 bits per heavy atom. The van der Waals surface area contributed by atoms with Gasteiger partial charge in [-0.3, -0.25) is 0 Å². The van der Waals surface area contributed by atoms with Crippen molar-refractivity contribution in [1.29, 1.82) is 0 Å². The van der Waals surface area contributed by atoms with Gasteiger partial charge in [-0.1, -0.05) is 0 Å². The van der Waals surface area contributed by atoms with E-state index in [-0.39, 0.29) is 0 Å². The third-order valence-electron chi connectivity index (χ3n) is 3.28. The molecule has 0 bridgehead atoms. The lowest BCUT2D eigenvalue weighted by molar-refractivity contribution is 0.0572. The number of benzene rings is 1. The SMILES string of the molecule is Nc1ccc2nc(N3CC(O)C(O)C3)ccc2c1. The van der Waals surface area contributed by atoms with E-state index in [2.05, 4.69) is 4.98 Å². The molecule has 1 fully saturated rings. The van der Waals surface area contributed by atoms with Crippen LogP contribution in [0.2, 0.25) is 0 Å². The van der Waals surface area contributed by atoms with Gasteiger partial charge in [-0.05, 0) is 30.3 Å². The molecular formula is C13H15N3O2. The van der Waals surface area contributed by atoms with Crippen molar-refractivity contribution < 1.29 is 10.2 Å². The van der Waals surface area contributed by atoms with Crippen LogP contribution in [0.5, 0.6) is 0 Å². The highest BCUT2D eigenvalue weighted by atomic mass is 16.3. The molecule has 2 aromatic rings. The molecular weight excluding hydrogens is 230 g/mol. The number of rotatable bonds is 1. The van der Waals surface area contributed by atoms with Gasteiger partial charge in [0.25, 0.3) is 0 Å². The molecule has 2 heterocycles. The summed E-state index contributed by atoms with van der Waals surface area (Å²) in [6.07, 6.45) is -1.40. The van der Waals surface area contributed by atoms with Crippen LogP contribution in [0.4, 0.5) is 11.5 Å². The van der Waals surface area contributed by atoms with E-state index in [4.69, 9.17) is 5.73 Å². The fourth-order valence-corrected chi connectivity index (χ4v) is 2.27. The van der Waals surface area contributed by atoms with Crippen molar-refractivity contribution in [1.82, 2.24) is 4.98 Å². The number of hydrogen-bond acceptors (Lipinski definition) is 5. The minimum Gasteiger partial charge on any atom is -0.399 e. The van der Waals surface area contributed by atoms with E-state index >= 15 is 0 Å². The highest BCUT2D eigenvalue weighted by Crippen LogP contribution is 2.23. The molecule has 0 aliphatic carbocycles. The van der Waals surface area contributed by atoms with Gasteiger partial charge < -0.3 is 20.8 Å². The van der Waals surface area contributed by atoms with Crippen LogP contribution in [0.15, 0.2) is 30.3 Å². The predicted octanol–water partition coefficient (Wildman–Crippen LogP) is 0.359. The monoisotopic (exact) mass is 245 g/mol. The summed E-state index contributed by atoms with van der Waals surface area (Å²) in [4.78, 5) is 6.40. The summed E-state index contributed by atoms with van der Waals surface area (Å²) in [6.45, 7) is 0.823. The van der Waals surface area contributed by atoms with Crippen LogP contribution < -0.4 is 10.6 Å². The molecule has 0 spiro atoms. The highest BCUT2D eigenvalue weighted by Gasteiger charge is 2.30. The molecule has 2 atom stereocenters. The van der Waals surface area contributed by atoms with Crippen molar-refractivity contribution >= 4 is 22.4 Å². The summed E-state index contributed by atoms with van der Waals surface area (Å²) in [5, 5.41) is 20.1. The summed E-state index contributed by atoms with van der Waals surface area (Å²) < 4.78 is 0. The van der Waals surface area contributed by atoms with Gasteiger partial charge >= 0.3 is 0 Å². The first-order valence-corrected chi connectivity index (χ1v) is 5.91. The number of hydrogen-bond donors (Lipinski definition) is 3. The summed E-state index contributed by atoms with van der Waals surface area (Å²) >= 11 is 0. The Kier molecular flexibility index (Phi) is 2.57. The first kappa shape index (κ1) is 11.3. The van der Waals surface area contributed by atoms with E-state index in [0.717, 1.165) is 16.7 Å². The molecule has 1 aromatic carbocycles. The summed E-state index contributed by atoms with van der Waals surface area (Å²) in [5.74, 6) is 0.767. The average molecular weight is 245 g/mol. The number of nitrogens with two attached hydrogens (primary N) is 1. The van der Waals surface area contributed by atoms with Crippen molar-refractivity contribution in [3.63, 3.8) is 0 Å². The molecule has 5 heteroatoms. The number of nitrogen functional groups attached to an aromatic ring is 1. The van der Waals surface area contributed by atoms with Gasteiger partial charge in [0.1, 0.15) is 5.82 Å². The third-order valence-corrected chi connectivity index (χ3v) is 3.28. The second-order valence-corrected chi connectivity index (χ2v) is 4.66. The van der Waals surface area contributed by atoms with Crippen molar-refractivity contribution in [3.8, 4) is 0 Å². The number of β-amino-alcohol motifs (C(OH)–C–C–N with tert-alkyl or cyclic N) is 2. The van der Waals surface area contributed by atoms with Crippen LogP contribution in [-0.2, 0) is 0 Å². The predicted molar refractivity (Wildman–Crippen MR) is 70.4 cm³/mol. The molecule has 2 unspecified atom stereocenters. The first-order valence-electron chi connectivity index (χ1n) is 5.91. The van der Waals surface area contributed by atoms with Gasteiger partial charge in [0.2, 0.25) is 0 Å². The Morgan fingerprint density at radius 1 is 1.11 bits per heavy atom. The van der Waals surface area contributed by atoms with Gasteiger partial charge in [0.15, 0.2) is 0 Å². The molecule has 1 aromatic heterocycles. The minimum atomic E-state index is -0.700. The number of nitrogens with zero attached hydrogens (tertiary/aromatic N) is 2. The van der Waals surface area contributed by atoms with Crippen LogP contribution in [0.25, 0.3) is 10.9 Å². The van der Waals surface area contributed by atoms with Gasteiger partial charge in [-0.2, -0.15) is 0 Å². The molecule has 5 nitrogen and oxygen atoms in total. The molecule has 4 N–H and O–H groups in total. The van der Waals surface area contributed by atoms with Crippen molar-refractivity contribution in [2.24, 2.45) is 0 Å². The zero-order valence-electron chi connectivity index (χ0n) is 9.82. The maximum atomic E-state index is 9.54. The fourth-order valence-electron chi connectivity index (χ4n) is 2.27. The Bertz CT molecular complexity index is 577. The highest BCUT2D eigenvalue weighted by molar-refractivity contribution is 5.83. The Labute approximate surface area is 104 Å². The largest absolute Gasteiger partial charge is 0.399 e. The summed E-state index contributed by atoms with van der Waals surface area (Å²) in [5.41, 5.74) is 7.29. The van der Waals surface area contributed by atoms with Crippen molar-refractivity contribution in [3.05, 3.63) is 30.3 Å². The molecule has 0 amide bonds. The van der Waals surface area contributed by atoms with E-state index in [0.29, 0.717) is 18.8 Å². The maximum Gasteiger partial charge on any atom is 0.129 e. The van der Waals surface area contributed by atoms with Crippen molar-refractivity contribution in [2.75, 3.05) is 23.7 Å². The molecule has 0 radical (unpaired) electrons. The molecule has 1 saturated heterocycles. The van der Waals surface area contributed by atoms with E-state index < -0.39 is 12.2 Å². The Morgan fingerprint density at radius 2 is 1.83 bits per heavy atom. The molecule has 1 aliphatic rings. The second kappa shape index (κ2) is 4.12. The lowest BCUT2D eigenvalue weighted by atomic mass is 10.2. The summed E-state index contributed by atoms with van der Waals surface area (Å²) in [7, 11) is 0. The van der Waals surface area contributed by atoms with Gasteiger partial charge in [0.05, 0.1) is 17.7 Å². The number of anilines is 2. The van der Waals surface area contributed by atoms with Gasteiger partial charge in [-0.25, -0.2) is 4.98 Å². The molecule has 0 saturated carbocycles. The lowest BCUT2D eigenvalue weighted by Gasteiger charge is -2.16. The lowest BCUT2D eigenvalue weighted by Crippen LogP contribution is -2.22.